The normalized spacial score (nSPS) is 19.7. The van der Waals surface area contributed by atoms with E-state index in [2.05, 4.69) is 46.2 Å². The maximum atomic E-state index is 13.5. The molecule has 2 heterocycles. The van der Waals surface area contributed by atoms with Crippen LogP contribution in [0, 0.1) is 5.92 Å². The number of likely N-dealkylation sites (tertiary alicyclic amines) is 2. The number of halogens is 3. The molecule has 2 saturated heterocycles. The Balaban J connectivity index is 0.00000405. The molecule has 2 aliphatic rings. The van der Waals surface area contributed by atoms with Gasteiger partial charge in [0.2, 0.25) is 5.91 Å². The predicted molar refractivity (Wildman–Crippen MR) is 176 cm³/mol. The van der Waals surface area contributed by atoms with E-state index in [0.717, 1.165) is 56.0 Å². The standard InChI is InChI=1S/C35H42Cl2N2O2.ClH/c1-41-31-11-5-10-29(23-31)24-34(40)39-19-7-17-35(26-39,30-12-13-32(36)33(37)25-30)16-6-18-38-20-14-28(15-21-38)22-27-8-3-2-4-9-27;/h2-5,8-13,23,25,28H,6-7,14-22,24,26H2,1H3;1H. The number of piperidine rings is 2. The first-order chi connectivity index (χ1) is 19.9. The van der Waals surface area contributed by atoms with Crippen LogP contribution in [0.3, 0.4) is 0 Å². The van der Waals surface area contributed by atoms with Gasteiger partial charge in [-0.05, 0) is 111 Å². The Morgan fingerprint density at radius 2 is 1.69 bits per heavy atom. The van der Waals surface area contributed by atoms with E-state index in [1.165, 1.54) is 43.5 Å². The lowest BCUT2D eigenvalue weighted by atomic mass is 9.71. The highest BCUT2D eigenvalue weighted by atomic mass is 35.5. The molecule has 0 aromatic heterocycles. The number of amides is 1. The average Bonchev–Trinajstić information content (AvgIpc) is 3.00. The van der Waals surface area contributed by atoms with Gasteiger partial charge in [0.1, 0.15) is 5.75 Å². The molecule has 2 fully saturated rings. The van der Waals surface area contributed by atoms with Gasteiger partial charge in [0.05, 0.1) is 23.6 Å². The first-order valence-corrected chi connectivity index (χ1v) is 15.8. The zero-order valence-corrected chi connectivity index (χ0v) is 26.9. The molecule has 4 nitrogen and oxygen atoms in total. The van der Waals surface area contributed by atoms with E-state index in [0.29, 0.717) is 23.0 Å². The van der Waals surface area contributed by atoms with Crippen LogP contribution in [-0.4, -0.2) is 55.5 Å². The molecule has 5 rings (SSSR count). The van der Waals surface area contributed by atoms with Crippen molar-refractivity contribution in [1.29, 1.82) is 0 Å². The molecule has 3 aromatic rings. The minimum atomic E-state index is -0.123. The molecule has 42 heavy (non-hydrogen) atoms. The van der Waals surface area contributed by atoms with E-state index in [1.54, 1.807) is 7.11 Å². The molecule has 3 aromatic carbocycles. The van der Waals surface area contributed by atoms with Crippen molar-refractivity contribution in [3.05, 3.63) is 99.5 Å². The van der Waals surface area contributed by atoms with Gasteiger partial charge >= 0.3 is 0 Å². The van der Waals surface area contributed by atoms with Crippen molar-refractivity contribution in [3.8, 4) is 5.75 Å². The zero-order valence-electron chi connectivity index (χ0n) is 24.6. The maximum Gasteiger partial charge on any atom is 0.227 e. The Labute approximate surface area is 267 Å². The van der Waals surface area contributed by atoms with E-state index >= 15 is 0 Å². The van der Waals surface area contributed by atoms with Crippen molar-refractivity contribution in [1.82, 2.24) is 9.80 Å². The Hall–Kier alpha value is -2.24. The minimum absolute atomic E-state index is 0. The third kappa shape index (κ3) is 8.44. The van der Waals surface area contributed by atoms with Crippen molar-refractivity contribution in [2.24, 2.45) is 5.92 Å². The van der Waals surface area contributed by atoms with Crippen LogP contribution in [0.4, 0.5) is 0 Å². The average molecular weight is 630 g/mol. The van der Waals surface area contributed by atoms with Crippen LogP contribution in [0.1, 0.15) is 55.2 Å². The number of hydrogen-bond donors (Lipinski definition) is 0. The van der Waals surface area contributed by atoms with Gasteiger partial charge in [0.25, 0.3) is 0 Å². The van der Waals surface area contributed by atoms with Crippen LogP contribution in [0.5, 0.6) is 5.75 Å². The van der Waals surface area contributed by atoms with Gasteiger partial charge < -0.3 is 14.5 Å². The number of carbonyl (C=O) groups excluding carboxylic acids is 1. The van der Waals surface area contributed by atoms with Gasteiger partial charge in [-0.1, -0.05) is 71.7 Å². The van der Waals surface area contributed by atoms with Crippen LogP contribution in [0.15, 0.2) is 72.8 Å². The van der Waals surface area contributed by atoms with Crippen molar-refractivity contribution >= 4 is 41.5 Å². The first kappa shape index (κ1) is 32.7. The predicted octanol–water partition coefficient (Wildman–Crippen LogP) is 8.26. The quantitative estimate of drug-likeness (QED) is 0.226. The topological polar surface area (TPSA) is 32.8 Å². The van der Waals surface area contributed by atoms with E-state index in [4.69, 9.17) is 27.9 Å². The Bertz CT molecular complexity index is 1300. The molecule has 0 aliphatic carbocycles. The zero-order chi connectivity index (χ0) is 28.7. The molecule has 1 atom stereocenters. The molecule has 0 spiro atoms. The molecular formula is C35H43Cl3N2O2. The second-order valence-corrected chi connectivity index (χ2v) is 12.7. The van der Waals surface area contributed by atoms with Crippen molar-refractivity contribution in [2.75, 3.05) is 39.8 Å². The fraction of sp³-hybridized carbons (Fsp3) is 0.457. The van der Waals surface area contributed by atoms with Gasteiger partial charge in [-0.3, -0.25) is 4.79 Å². The SMILES string of the molecule is COc1cccc(CC(=O)N2CCCC(CCCN3CCC(Cc4ccccc4)CC3)(c3ccc(Cl)c(Cl)c3)C2)c1.Cl. The third-order valence-corrected chi connectivity index (χ3v) is 9.89. The number of carbonyl (C=O) groups is 1. The molecular weight excluding hydrogens is 587 g/mol. The van der Waals surface area contributed by atoms with Gasteiger partial charge in [-0.2, -0.15) is 0 Å². The molecule has 226 valence electrons. The monoisotopic (exact) mass is 628 g/mol. The fourth-order valence-electron chi connectivity index (χ4n) is 6.83. The summed E-state index contributed by atoms with van der Waals surface area (Å²) < 4.78 is 5.37. The minimum Gasteiger partial charge on any atom is -0.497 e. The first-order valence-electron chi connectivity index (χ1n) is 15.1. The summed E-state index contributed by atoms with van der Waals surface area (Å²) >= 11 is 12.8. The van der Waals surface area contributed by atoms with Gasteiger partial charge in [-0.25, -0.2) is 0 Å². The summed E-state index contributed by atoms with van der Waals surface area (Å²) in [6.45, 7) is 4.94. The second-order valence-electron chi connectivity index (χ2n) is 11.9. The highest BCUT2D eigenvalue weighted by Gasteiger charge is 2.38. The summed E-state index contributed by atoms with van der Waals surface area (Å²) in [6.07, 6.45) is 8.25. The molecule has 7 heteroatoms. The molecule has 1 unspecified atom stereocenters. The summed E-state index contributed by atoms with van der Waals surface area (Å²) in [5, 5.41) is 1.16. The molecule has 0 saturated carbocycles. The number of benzene rings is 3. The van der Waals surface area contributed by atoms with Crippen molar-refractivity contribution in [3.63, 3.8) is 0 Å². The van der Waals surface area contributed by atoms with E-state index in [9.17, 15) is 4.79 Å². The number of hydrogen-bond acceptors (Lipinski definition) is 3. The van der Waals surface area contributed by atoms with E-state index in [-0.39, 0.29) is 23.7 Å². The maximum absolute atomic E-state index is 13.5. The lowest BCUT2D eigenvalue weighted by molar-refractivity contribution is -0.132. The van der Waals surface area contributed by atoms with Gasteiger partial charge in [0, 0.05) is 18.5 Å². The van der Waals surface area contributed by atoms with Crippen LogP contribution in [-0.2, 0) is 23.1 Å². The summed E-state index contributed by atoms with van der Waals surface area (Å²) in [5.74, 6) is 1.73. The summed E-state index contributed by atoms with van der Waals surface area (Å²) in [6, 6.07) is 24.8. The molecule has 0 bridgehead atoms. The number of methoxy groups -OCH3 is 1. The number of ether oxygens (including phenoxy) is 1. The third-order valence-electron chi connectivity index (χ3n) is 9.16. The van der Waals surface area contributed by atoms with E-state index in [1.807, 2.05) is 36.4 Å². The highest BCUT2D eigenvalue weighted by molar-refractivity contribution is 6.42. The number of nitrogens with zero attached hydrogens (tertiary/aromatic N) is 2. The summed E-state index contributed by atoms with van der Waals surface area (Å²) in [4.78, 5) is 18.2. The second kappa shape index (κ2) is 15.5. The Morgan fingerprint density at radius 1 is 0.929 bits per heavy atom. The smallest absolute Gasteiger partial charge is 0.227 e. The highest BCUT2D eigenvalue weighted by Crippen LogP contribution is 2.41. The summed E-state index contributed by atoms with van der Waals surface area (Å²) in [7, 11) is 1.66. The lowest BCUT2D eigenvalue weighted by Gasteiger charge is -2.44. The van der Waals surface area contributed by atoms with Crippen LogP contribution >= 0.6 is 35.6 Å². The van der Waals surface area contributed by atoms with E-state index < -0.39 is 0 Å². The van der Waals surface area contributed by atoms with Crippen LogP contribution in [0.2, 0.25) is 10.0 Å². The molecule has 0 radical (unpaired) electrons. The summed E-state index contributed by atoms with van der Waals surface area (Å²) in [5.41, 5.74) is 3.52. The van der Waals surface area contributed by atoms with Crippen LogP contribution in [0.25, 0.3) is 0 Å². The van der Waals surface area contributed by atoms with Gasteiger partial charge in [0.15, 0.2) is 0 Å². The fourth-order valence-corrected chi connectivity index (χ4v) is 7.12. The molecule has 2 aliphatic heterocycles. The molecule has 1 amide bonds. The Kier molecular flexibility index (Phi) is 12.0. The number of rotatable bonds is 10. The largest absolute Gasteiger partial charge is 0.497 e. The van der Waals surface area contributed by atoms with Crippen molar-refractivity contribution in [2.45, 2.75) is 56.8 Å². The van der Waals surface area contributed by atoms with Gasteiger partial charge in [-0.15, -0.1) is 12.4 Å². The Morgan fingerprint density at radius 3 is 2.43 bits per heavy atom. The van der Waals surface area contributed by atoms with Crippen molar-refractivity contribution < 1.29 is 9.53 Å². The molecule has 0 N–H and O–H groups in total. The van der Waals surface area contributed by atoms with Crippen LogP contribution < -0.4 is 4.74 Å². The lowest BCUT2D eigenvalue weighted by Crippen LogP contribution is -2.49.